The Labute approximate surface area is 159 Å². The van der Waals surface area contributed by atoms with E-state index in [1.54, 1.807) is 12.1 Å². The molecule has 4 heteroatoms. The molecular formula is C23H23NO3. The third kappa shape index (κ3) is 4.88. The molecule has 3 aromatic carbocycles. The Hall–Kier alpha value is -3.27. The highest BCUT2D eigenvalue weighted by molar-refractivity contribution is 6.06. The van der Waals surface area contributed by atoms with Gasteiger partial charge in [-0.25, -0.2) is 0 Å². The number of para-hydroxylation sites is 3. The van der Waals surface area contributed by atoms with Crippen LogP contribution < -0.4 is 14.8 Å². The third-order valence-electron chi connectivity index (χ3n) is 4.20. The van der Waals surface area contributed by atoms with E-state index in [1.807, 2.05) is 74.5 Å². The number of amides is 1. The molecule has 0 heterocycles. The van der Waals surface area contributed by atoms with Crippen LogP contribution in [0.5, 0.6) is 11.5 Å². The second kappa shape index (κ2) is 8.90. The first-order valence-electron chi connectivity index (χ1n) is 8.92. The number of hydrogen-bond acceptors (Lipinski definition) is 3. The molecule has 0 atom stereocenters. The maximum absolute atomic E-state index is 12.8. The second-order valence-corrected chi connectivity index (χ2v) is 6.23. The summed E-state index contributed by atoms with van der Waals surface area (Å²) in [5, 5.41) is 3.00. The zero-order valence-electron chi connectivity index (χ0n) is 15.6. The molecule has 1 amide bonds. The topological polar surface area (TPSA) is 47.6 Å². The number of carbonyl (C=O) groups excluding carboxylic acids is 1. The number of anilines is 1. The number of aryl methyl sites for hydroxylation is 2. The molecule has 0 saturated heterocycles. The Kier molecular flexibility index (Phi) is 6.10. The minimum absolute atomic E-state index is 0.188. The summed E-state index contributed by atoms with van der Waals surface area (Å²) >= 11 is 0. The highest BCUT2D eigenvalue weighted by Crippen LogP contribution is 2.23. The quantitative estimate of drug-likeness (QED) is 0.602. The molecule has 0 spiro atoms. The Morgan fingerprint density at radius 2 is 1.41 bits per heavy atom. The summed E-state index contributed by atoms with van der Waals surface area (Å²) in [5.74, 6) is 1.15. The van der Waals surface area contributed by atoms with Gasteiger partial charge in [-0.15, -0.1) is 0 Å². The van der Waals surface area contributed by atoms with E-state index in [-0.39, 0.29) is 5.91 Å². The lowest BCUT2D eigenvalue weighted by atomic mass is 10.1. The largest absolute Gasteiger partial charge is 0.490 e. The fourth-order valence-electron chi connectivity index (χ4n) is 2.80. The van der Waals surface area contributed by atoms with Crippen molar-refractivity contribution in [2.45, 2.75) is 13.8 Å². The molecule has 0 unspecified atom stereocenters. The summed E-state index contributed by atoms with van der Waals surface area (Å²) in [4.78, 5) is 12.8. The van der Waals surface area contributed by atoms with Gasteiger partial charge in [0.2, 0.25) is 0 Å². The van der Waals surface area contributed by atoms with E-state index in [9.17, 15) is 4.79 Å². The average Bonchev–Trinajstić information content (AvgIpc) is 2.69. The first-order chi connectivity index (χ1) is 13.1. The van der Waals surface area contributed by atoms with Crippen LogP contribution in [0.4, 0.5) is 5.69 Å². The number of carbonyl (C=O) groups is 1. The van der Waals surface area contributed by atoms with E-state index >= 15 is 0 Å². The van der Waals surface area contributed by atoms with Crippen LogP contribution in [-0.2, 0) is 0 Å². The van der Waals surface area contributed by atoms with Crippen LogP contribution in [0.15, 0.2) is 72.8 Å². The molecular weight excluding hydrogens is 338 g/mol. The van der Waals surface area contributed by atoms with Crippen LogP contribution in [0.2, 0.25) is 0 Å². The Morgan fingerprint density at radius 3 is 2.15 bits per heavy atom. The van der Waals surface area contributed by atoms with Gasteiger partial charge in [0, 0.05) is 5.69 Å². The molecule has 138 valence electrons. The van der Waals surface area contributed by atoms with E-state index in [0.29, 0.717) is 24.5 Å². The first kappa shape index (κ1) is 18.5. The van der Waals surface area contributed by atoms with E-state index in [2.05, 4.69) is 5.32 Å². The lowest BCUT2D eigenvalue weighted by Gasteiger charge is -2.14. The van der Waals surface area contributed by atoms with Crippen molar-refractivity contribution in [1.82, 2.24) is 0 Å². The molecule has 0 radical (unpaired) electrons. The Bertz CT molecular complexity index is 886. The maximum atomic E-state index is 12.8. The minimum Gasteiger partial charge on any atom is -0.490 e. The molecule has 3 rings (SSSR count). The minimum atomic E-state index is -0.188. The highest BCUT2D eigenvalue weighted by Gasteiger charge is 2.14. The number of ether oxygens (including phenoxy) is 2. The van der Waals surface area contributed by atoms with Crippen molar-refractivity contribution in [3.8, 4) is 11.5 Å². The van der Waals surface area contributed by atoms with Crippen LogP contribution >= 0.6 is 0 Å². The van der Waals surface area contributed by atoms with Crippen molar-refractivity contribution in [1.29, 1.82) is 0 Å². The molecule has 1 N–H and O–H groups in total. The fourth-order valence-corrected chi connectivity index (χ4v) is 2.80. The zero-order chi connectivity index (χ0) is 19.1. The van der Waals surface area contributed by atoms with Crippen molar-refractivity contribution in [2.75, 3.05) is 18.5 Å². The predicted molar refractivity (Wildman–Crippen MR) is 108 cm³/mol. The van der Waals surface area contributed by atoms with Crippen molar-refractivity contribution in [3.63, 3.8) is 0 Å². The van der Waals surface area contributed by atoms with E-state index in [1.165, 1.54) is 0 Å². The van der Waals surface area contributed by atoms with E-state index in [4.69, 9.17) is 9.47 Å². The van der Waals surface area contributed by atoms with Gasteiger partial charge in [-0.3, -0.25) is 4.79 Å². The van der Waals surface area contributed by atoms with Crippen molar-refractivity contribution in [2.24, 2.45) is 0 Å². The van der Waals surface area contributed by atoms with Crippen LogP contribution in [0.3, 0.4) is 0 Å². The second-order valence-electron chi connectivity index (χ2n) is 6.23. The zero-order valence-corrected chi connectivity index (χ0v) is 15.6. The third-order valence-corrected chi connectivity index (χ3v) is 4.20. The lowest BCUT2D eigenvalue weighted by Crippen LogP contribution is -2.16. The number of nitrogens with one attached hydrogen (secondary N) is 1. The van der Waals surface area contributed by atoms with Crippen molar-refractivity contribution in [3.05, 3.63) is 89.5 Å². The maximum Gasteiger partial charge on any atom is 0.259 e. The van der Waals surface area contributed by atoms with E-state index in [0.717, 1.165) is 22.6 Å². The smallest absolute Gasteiger partial charge is 0.259 e. The number of rotatable bonds is 7. The molecule has 0 aromatic heterocycles. The summed E-state index contributed by atoms with van der Waals surface area (Å²) in [6.45, 7) is 4.71. The van der Waals surface area contributed by atoms with Gasteiger partial charge in [-0.1, -0.05) is 48.5 Å². The highest BCUT2D eigenvalue weighted by atomic mass is 16.5. The molecule has 0 aliphatic carbocycles. The van der Waals surface area contributed by atoms with Gasteiger partial charge in [0.15, 0.2) is 0 Å². The van der Waals surface area contributed by atoms with Crippen molar-refractivity contribution < 1.29 is 14.3 Å². The van der Waals surface area contributed by atoms with Gasteiger partial charge in [-0.05, 0) is 49.2 Å². The Balaban J connectivity index is 1.64. The molecule has 4 nitrogen and oxygen atoms in total. The van der Waals surface area contributed by atoms with Gasteiger partial charge in [0.25, 0.3) is 5.91 Å². The van der Waals surface area contributed by atoms with Crippen LogP contribution in [0, 0.1) is 13.8 Å². The van der Waals surface area contributed by atoms with Gasteiger partial charge in [0.05, 0.1) is 5.56 Å². The fraction of sp³-hybridized carbons (Fsp3) is 0.174. The number of hydrogen-bond donors (Lipinski definition) is 1. The van der Waals surface area contributed by atoms with Crippen LogP contribution in [-0.4, -0.2) is 19.1 Å². The predicted octanol–water partition coefficient (Wildman–Crippen LogP) is 5.01. The summed E-state index contributed by atoms with van der Waals surface area (Å²) < 4.78 is 11.4. The average molecular weight is 361 g/mol. The van der Waals surface area contributed by atoms with Crippen molar-refractivity contribution >= 4 is 11.6 Å². The van der Waals surface area contributed by atoms with Crippen LogP contribution in [0.25, 0.3) is 0 Å². The van der Waals surface area contributed by atoms with Gasteiger partial charge >= 0.3 is 0 Å². The molecule has 3 aromatic rings. The normalized spacial score (nSPS) is 10.3. The summed E-state index contributed by atoms with van der Waals surface area (Å²) in [7, 11) is 0. The first-order valence-corrected chi connectivity index (χ1v) is 8.92. The standard InChI is InChI=1S/C23H23NO3/c1-17-9-8-10-18(2)22(17)24-23(25)20-13-6-7-14-21(20)27-16-15-26-19-11-4-3-5-12-19/h3-14H,15-16H2,1-2H3,(H,24,25). The van der Waals surface area contributed by atoms with E-state index < -0.39 is 0 Å². The molecule has 0 bridgehead atoms. The molecule has 0 aliphatic heterocycles. The molecule has 0 aliphatic rings. The Morgan fingerprint density at radius 1 is 0.778 bits per heavy atom. The van der Waals surface area contributed by atoms with Crippen LogP contribution in [0.1, 0.15) is 21.5 Å². The number of benzene rings is 3. The van der Waals surface area contributed by atoms with Gasteiger partial charge in [0.1, 0.15) is 24.7 Å². The van der Waals surface area contributed by atoms with Gasteiger partial charge < -0.3 is 14.8 Å². The summed E-state index contributed by atoms with van der Waals surface area (Å²) in [5.41, 5.74) is 3.39. The van der Waals surface area contributed by atoms with Gasteiger partial charge in [-0.2, -0.15) is 0 Å². The lowest BCUT2D eigenvalue weighted by molar-refractivity contribution is 0.102. The molecule has 0 saturated carbocycles. The molecule has 27 heavy (non-hydrogen) atoms. The summed E-state index contributed by atoms with van der Waals surface area (Å²) in [6.07, 6.45) is 0. The molecule has 0 fully saturated rings. The SMILES string of the molecule is Cc1cccc(C)c1NC(=O)c1ccccc1OCCOc1ccccc1. The summed E-state index contributed by atoms with van der Waals surface area (Å²) in [6, 6.07) is 22.7. The monoisotopic (exact) mass is 361 g/mol.